The molecule has 0 aromatic heterocycles. The number of carbonyl (C=O) groups excluding carboxylic acids is 2. The molecule has 3 rings (SSSR count). The minimum absolute atomic E-state index is 0.0394. The van der Waals surface area contributed by atoms with Crippen LogP contribution in [0.1, 0.15) is 63.0 Å². The SMILES string of the molecule is C=Cc1ccc(C(=O)C(=O)c2ccccc2Oc2cc(C(=O)O)c(O)c(C(C)(C)C)c2)cc1. The highest BCUT2D eigenvalue weighted by Gasteiger charge is 2.26. The molecule has 0 unspecified atom stereocenters. The van der Waals surface area contributed by atoms with E-state index in [0.29, 0.717) is 5.56 Å². The van der Waals surface area contributed by atoms with Crippen LogP contribution in [0.15, 0.2) is 67.2 Å². The minimum atomic E-state index is -1.31. The molecule has 0 aliphatic rings. The zero-order chi connectivity index (χ0) is 24.3. The van der Waals surface area contributed by atoms with Gasteiger partial charge in [0.1, 0.15) is 22.8 Å². The number of carboxylic acid groups (broad SMARTS) is 1. The summed E-state index contributed by atoms with van der Waals surface area (Å²) in [4.78, 5) is 37.4. The van der Waals surface area contributed by atoms with Gasteiger partial charge in [0, 0.05) is 11.1 Å². The van der Waals surface area contributed by atoms with Crippen molar-refractivity contribution in [1.82, 2.24) is 0 Å². The second-order valence-electron chi connectivity index (χ2n) is 8.50. The van der Waals surface area contributed by atoms with E-state index in [0.717, 1.165) is 5.56 Å². The Bertz CT molecular complexity index is 1250. The largest absolute Gasteiger partial charge is 0.507 e. The number of Topliss-reactive ketones (excluding diaryl/α,β-unsaturated/α-hetero) is 2. The van der Waals surface area contributed by atoms with Crippen LogP contribution in [0.3, 0.4) is 0 Å². The first-order valence-corrected chi connectivity index (χ1v) is 10.2. The predicted octanol–water partition coefficient (Wildman–Crippen LogP) is 5.89. The highest BCUT2D eigenvalue weighted by molar-refractivity contribution is 6.49. The Kier molecular flexibility index (Phi) is 6.49. The van der Waals surface area contributed by atoms with Gasteiger partial charge in [-0.15, -0.1) is 0 Å². The summed E-state index contributed by atoms with van der Waals surface area (Å²) >= 11 is 0. The van der Waals surface area contributed by atoms with Crippen LogP contribution >= 0.6 is 0 Å². The lowest BCUT2D eigenvalue weighted by Crippen LogP contribution is -2.16. The Hall–Kier alpha value is -4.19. The Labute approximate surface area is 191 Å². The molecule has 6 nitrogen and oxygen atoms in total. The van der Waals surface area contributed by atoms with E-state index >= 15 is 0 Å². The predicted molar refractivity (Wildman–Crippen MR) is 125 cm³/mol. The van der Waals surface area contributed by atoms with Crippen molar-refractivity contribution in [3.63, 3.8) is 0 Å². The summed E-state index contributed by atoms with van der Waals surface area (Å²) in [5, 5.41) is 19.9. The third-order valence-electron chi connectivity index (χ3n) is 5.10. The summed E-state index contributed by atoms with van der Waals surface area (Å²) < 4.78 is 5.87. The van der Waals surface area contributed by atoms with Gasteiger partial charge in [0.2, 0.25) is 11.6 Å². The average molecular weight is 444 g/mol. The van der Waals surface area contributed by atoms with E-state index in [2.05, 4.69) is 6.58 Å². The lowest BCUT2D eigenvalue weighted by Gasteiger charge is -2.22. The molecule has 33 heavy (non-hydrogen) atoms. The molecule has 3 aromatic rings. The fraction of sp³-hybridized carbons (Fsp3) is 0.148. The van der Waals surface area contributed by atoms with Crippen molar-refractivity contribution < 1.29 is 29.3 Å². The summed E-state index contributed by atoms with van der Waals surface area (Å²) in [5.41, 5.74) is 0.570. The van der Waals surface area contributed by atoms with E-state index in [4.69, 9.17) is 4.74 Å². The number of aromatic carboxylic acids is 1. The van der Waals surface area contributed by atoms with E-state index in [-0.39, 0.29) is 33.9 Å². The van der Waals surface area contributed by atoms with Gasteiger partial charge in [-0.2, -0.15) is 0 Å². The Morgan fingerprint density at radius 2 is 1.55 bits per heavy atom. The molecule has 0 atom stereocenters. The van der Waals surface area contributed by atoms with E-state index < -0.39 is 23.0 Å². The molecule has 0 aliphatic heterocycles. The number of phenols is 1. The first-order valence-electron chi connectivity index (χ1n) is 10.2. The fourth-order valence-electron chi connectivity index (χ4n) is 3.30. The number of hydrogen-bond donors (Lipinski definition) is 2. The van der Waals surface area contributed by atoms with Gasteiger partial charge in [0.25, 0.3) is 0 Å². The summed E-state index contributed by atoms with van der Waals surface area (Å²) in [6.07, 6.45) is 1.63. The van der Waals surface area contributed by atoms with Crippen LogP contribution in [0.2, 0.25) is 0 Å². The molecule has 0 fully saturated rings. The molecule has 0 spiro atoms. The molecule has 0 bridgehead atoms. The number of ether oxygens (including phenoxy) is 1. The quantitative estimate of drug-likeness (QED) is 0.348. The Balaban J connectivity index is 2.01. The smallest absolute Gasteiger partial charge is 0.339 e. The number of para-hydroxylation sites is 1. The molecule has 3 aromatic carbocycles. The molecule has 0 amide bonds. The zero-order valence-electron chi connectivity index (χ0n) is 18.6. The second-order valence-corrected chi connectivity index (χ2v) is 8.50. The minimum Gasteiger partial charge on any atom is -0.507 e. The van der Waals surface area contributed by atoms with Crippen molar-refractivity contribution in [2.75, 3.05) is 0 Å². The molecule has 0 saturated heterocycles. The van der Waals surface area contributed by atoms with E-state index in [9.17, 15) is 24.6 Å². The maximum atomic E-state index is 13.0. The maximum Gasteiger partial charge on any atom is 0.339 e. The first-order chi connectivity index (χ1) is 15.5. The van der Waals surface area contributed by atoms with Crippen molar-refractivity contribution in [3.8, 4) is 17.2 Å². The molecule has 168 valence electrons. The summed E-state index contributed by atoms with van der Waals surface area (Å²) in [6, 6.07) is 15.4. The number of rotatable bonds is 7. The summed E-state index contributed by atoms with van der Waals surface area (Å²) in [5.74, 6) is -2.89. The number of benzene rings is 3. The van der Waals surface area contributed by atoms with Gasteiger partial charge in [-0.05, 0) is 35.2 Å². The second kappa shape index (κ2) is 9.12. The molecular weight excluding hydrogens is 420 g/mol. The van der Waals surface area contributed by atoms with Crippen LogP contribution in [0.4, 0.5) is 0 Å². The highest BCUT2D eigenvalue weighted by atomic mass is 16.5. The highest BCUT2D eigenvalue weighted by Crippen LogP contribution is 2.38. The number of carboxylic acids is 1. The third-order valence-corrected chi connectivity index (χ3v) is 5.10. The van der Waals surface area contributed by atoms with Crippen molar-refractivity contribution >= 4 is 23.6 Å². The van der Waals surface area contributed by atoms with Crippen molar-refractivity contribution in [3.05, 3.63) is 95.1 Å². The van der Waals surface area contributed by atoms with E-state index in [1.807, 2.05) is 20.8 Å². The first kappa shape index (κ1) is 23.5. The van der Waals surface area contributed by atoms with Crippen molar-refractivity contribution in [2.45, 2.75) is 26.2 Å². The number of ketones is 2. The molecule has 0 heterocycles. The van der Waals surface area contributed by atoms with Gasteiger partial charge in [-0.3, -0.25) is 9.59 Å². The molecule has 0 radical (unpaired) electrons. The van der Waals surface area contributed by atoms with Crippen LogP contribution < -0.4 is 4.74 Å². The molecule has 0 saturated carbocycles. The van der Waals surface area contributed by atoms with Crippen molar-refractivity contribution in [1.29, 1.82) is 0 Å². The standard InChI is InChI=1S/C27H24O6/c1-5-16-10-12-17(13-11-16)23(28)25(30)19-8-6-7-9-22(19)33-18-14-20(26(31)32)24(29)21(15-18)27(2,3)4/h5-15,29H,1H2,2-4H3,(H,31,32). The number of carbonyl (C=O) groups is 3. The Morgan fingerprint density at radius 1 is 0.909 bits per heavy atom. The van der Waals surface area contributed by atoms with Crippen molar-refractivity contribution in [2.24, 2.45) is 0 Å². The van der Waals surface area contributed by atoms with Gasteiger partial charge in [0.05, 0.1) is 5.56 Å². The van der Waals surface area contributed by atoms with Crippen LogP contribution in [0.5, 0.6) is 17.2 Å². The number of hydrogen-bond acceptors (Lipinski definition) is 5. The third kappa shape index (κ3) is 5.01. The van der Waals surface area contributed by atoms with Crippen LogP contribution in [-0.4, -0.2) is 27.7 Å². The van der Waals surface area contributed by atoms with Gasteiger partial charge < -0.3 is 14.9 Å². The van der Waals surface area contributed by atoms with E-state index in [1.165, 1.54) is 24.3 Å². The summed E-state index contributed by atoms with van der Waals surface area (Å²) in [6.45, 7) is 9.14. The van der Waals surface area contributed by atoms with Crippen LogP contribution in [0.25, 0.3) is 6.08 Å². The normalized spacial score (nSPS) is 11.0. The van der Waals surface area contributed by atoms with E-state index in [1.54, 1.807) is 42.5 Å². The van der Waals surface area contributed by atoms with Gasteiger partial charge >= 0.3 is 5.97 Å². The van der Waals surface area contributed by atoms with Gasteiger partial charge in [-0.1, -0.05) is 69.8 Å². The Morgan fingerprint density at radius 3 is 2.12 bits per heavy atom. The van der Waals surface area contributed by atoms with Gasteiger partial charge in [0.15, 0.2) is 0 Å². The fourth-order valence-corrected chi connectivity index (χ4v) is 3.30. The maximum absolute atomic E-state index is 13.0. The monoisotopic (exact) mass is 444 g/mol. The molecule has 0 aliphatic carbocycles. The van der Waals surface area contributed by atoms with Crippen LogP contribution in [-0.2, 0) is 5.41 Å². The zero-order valence-corrected chi connectivity index (χ0v) is 18.6. The molecule has 2 N–H and O–H groups in total. The van der Waals surface area contributed by atoms with Crippen LogP contribution in [0, 0.1) is 0 Å². The van der Waals surface area contributed by atoms with Gasteiger partial charge in [-0.25, -0.2) is 4.79 Å². The summed E-state index contributed by atoms with van der Waals surface area (Å²) in [7, 11) is 0. The molecule has 6 heteroatoms. The lowest BCUT2D eigenvalue weighted by molar-refractivity contribution is 0.0692. The number of aromatic hydroxyl groups is 1. The lowest BCUT2D eigenvalue weighted by atomic mass is 9.85. The average Bonchev–Trinajstić information content (AvgIpc) is 2.78. The topological polar surface area (TPSA) is 101 Å². The molecular formula is C27H24O6.